The van der Waals surface area contributed by atoms with Crippen molar-refractivity contribution in [2.45, 2.75) is 51.3 Å². The number of aryl methyl sites for hydroxylation is 1. The summed E-state index contributed by atoms with van der Waals surface area (Å²) in [6, 6.07) is 19.1. The number of thioether (sulfide) groups is 1. The molecule has 0 amide bonds. The molecule has 1 aliphatic heterocycles. The molecule has 0 saturated heterocycles. The fraction of sp³-hybridized carbons (Fsp3) is 0.281. The number of esters is 1. The average molecular weight is 684 g/mol. The number of benzene rings is 3. The van der Waals surface area contributed by atoms with Gasteiger partial charge in [0.25, 0.3) is 0 Å². The van der Waals surface area contributed by atoms with Crippen LogP contribution in [0, 0.1) is 6.92 Å². The van der Waals surface area contributed by atoms with Crippen LogP contribution in [0.25, 0.3) is 0 Å². The zero-order chi connectivity index (χ0) is 30.5. The normalized spacial score (nSPS) is 14.2. The van der Waals surface area contributed by atoms with Crippen molar-refractivity contribution >= 4 is 51.2 Å². The lowest BCUT2D eigenvalue weighted by Gasteiger charge is -2.28. The monoisotopic (exact) mass is 682 g/mol. The Morgan fingerprint density at radius 1 is 1.07 bits per heavy atom. The van der Waals surface area contributed by atoms with Gasteiger partial charge in [-0.1, -0.05) is 71.4 Å². The predicted molar refractivity (Wildman–Crippen MR) is 173 cm³/mol. The number of hydrogen-bond acceptors (Lipinski definition) is 8. The first-order valence-corrected chi connectivity index (χ1v) is 16.1. The quantitative estimate of drug-likeness (QED) is 0.125. The van der Waals surface area contributed by atoms with Gasteiger partial charge in [0.15, 0.2) is 11.5 Å². The van der Waals surface area contributed by atoms with Gasteiger partial charge in [0, 0.05) is 16.5 Å². The maximum Gasteiger partial charge on any atom is 0.338 e. The van der Waals surface area contributed by atoms with E-state index in [4.69, 9.17) is 35.9 Å². The van der Waals surface area contributed by atoms with E-state index in [1.165, 1.54) is 11.8 Å². The predicted octanol–water partition coefficient (Wildman–Crippen LogP) is 8.12. The Kier molecular flexibility index (Phi) is 10.00. The molecular formula is C32H32BrClN4O4S. The number of fused-ring (bicyclic) bond motifs is 1. The van der Waals surface area contributed by atoms with Crippen LogP contribution in [0.5, 0.6) is 11.5 Å². The summed E-state index contributed by atoms with van der Waals surface area (Å²) < 4.78 is 20.2. The summed E-state index contributed by atoms with van der Waals surface area (Å²) in [4.78, 5) is 18.1. The molecule has 1 atom stereocenters. The van der Waals surface area contributed by atoms with Crippen molar-refractivity contribution in [3.05, 3.63) is 104 Å². The zero-order valence-corrected chi connectivity index (χ0v) is 27.5. The Labute approximate surface area is 268 Å². The Hall–Kier alpha value is -3.47. The van der Waals surface area contributed by atoms with E-state index in [1.807, 2.05) is 62.4 Å². The van der Waals surface area contributed by atoms with Crippen molar-refractivity contribution in [3.63, 3.8) is 0 Å². The lowest BCUT2D eigenvalue weighted by molar-refractivity contribution is -0.139. The van der Waals surface area contributed by atoms with Crippen molar-refractivity contribution in [2.24, 2.45) is 0 Å². The van der Waals surface area contributed by atoms with E-state index in [2.05, 4.69) is 40.3 Å². The molecule has 0 aliphatic carbocycles. The first-order chi connectivity index (χ1) is 20.8. The minimum atomic E-state index is -0.626. The molecular weight excluding hydrogens is 652 g/mol. The molecule has 224 valence electrons. The van der Waals surface area contributed by atoms with Gasteiger partial charge in [-0.3, -0.25) is 0 Å². The second kappa shape index (κ2) is 13.9. The highest BCUT2D eigenvalue weighted by molar-refractivity contribution is 9.10. The fourth-order valence-electron chi connectivity index (χ4n) is 4.84. The van der Waals surface area contributed by atoms with Crippen LogP contribution in [0.2, 0.25) is 5.02 Å². The Bertz CT molecular complexity index is 1680. The smallest absolute Gasteiger partial charge is 0.338 e. The summed E-state index contributed by atoms with van der Waals surface area (Å²) in [6.45, 7) is 8.64. The van der Waals surface area contributed by atoms with Gasteiger partial charge in [-0.2, -0.15) is 4.98 Å². The van der Waals surface area contributed by atoms with Gasteiger partial charge in [-0.15, -0.1) is 5.10 Å². The number of nitrogens with zero attached hydrogens (tertiary/aromatic N) is 3. The van der Waals surface area contributed by atoms with Crippen LogP contribution in [0.3, 0.4) is 0 Å². The summed E-state index contributed by atoms with van der Waals surface area (Å²) in [5.74, 6) is 1.81. The number of ether oxygens (including phenoxy) is 3. The minimum absolute atomic E-state index is 0.241. The van der Waals surface area contributed by atoms with Crippen LogP contribution >= 0.6 is 39.3 Å². The molecule has 0 bridgehead atoms. The highest BCUT2D eigenvalue weighted by Gasteiger charge is 2.36. The van der Waals surface area contributed by atoms with Gasteiger partial charge in [0.2, 0.25) is 11.1 Å². The third kappa shape index (κ3) is 7.03. The number of halogens is 2. The van der Waals surface area contributed by atoms with Crippen LogP contribution in [-0.2, 0) is 21.9 Å². The maximum absolute atomic E-state index is 13.3. The Balaban J connectivity index is 1.53. The highest BCUT2D eigenvalue weighted by atomic mass is 79.9. The average Bonchev–Trinajstić information content (AvgIpc) is 3.38. The molecule has 0 saturated carbocycles. The second-order valence-electron chi connectivity index (χ2n) is 9.87. The molecule has 43 heavy (non-hydrogen) atoms. The third-order valence-corrected chi connectivity index (χ3v) is 8.60. The van der Waals surface area contributed by atoms with Crippen molar-refractivity contribution in [3.8, 4) is 11.5 Å². The first kappa shape index (κ1) is 31.0. The van der Waals surface area contributed by atoms with Crippen molar-refractivity contribution in [1.82, 2.24) is 14.8 Å². The molecule has 0 radical (unpaired) electrons. The summed E-state index contributed by atoms with van der Waals surface area (Å²) in [5.41, 5.74) is 5.03. The molecule has 11 heteroatoms. The number of nitrogens with one attached hydrogen (secondary N) is 1. The van der Waals surface area contributed by atoms with Crippen LogP contribution in [0.15, 0.2) is 81.6 Å². The van der Waals surface area contributed by atoms with Gasteiger partial charge in [0.1, 0.15) is 12.6 Å². The molecule has 5 rings (SSSR count). The Morgan fingerprint density at radius 2 is 1.88 bits per heavy atom. The van der Waals surface area contributed by atoms with Gasteiger partial charge in [0.05, 0.1) is 23.3 Å². The van der Waals surface area contributed by atoms with Crippen molar-refractivity contribution in [1.29, 1.82) is 0 Å². The molecule has 0 spiro atoms. The van der Waals surface area contributed by atoms with Gasteiger partial charge in [-0.05, 0) is 78.5 Å². The topological polar surface area (TPSA) is 87.5 Å². The van der Waals surface area contributed by atoms with E-state index in [0.29, 0.717) is 62.3 Å². The van der Waals surface area contributed by atoms with Gasteiger partial charge in [-0.25, -0.2) is 9.48 Å². The van der Waals surface area contributed by atoms with E-state index in [-0.39, 0.29) is 6.61 Å². The lowest BCUT2D eigenvalue weighted by atomic mass is 9.95. The number of hydrogen-bond donors (Lipinski definition) is 1. The van der Waals surface area contributed by atoms with Crippen LogP contribution in [-0.4, -0.2) is 33.9 Å². The standard InChI is InChI=1S/C32H32BrClN4O4S/c1-5-40-26-16-23(15-24(33)29(26)42-17-21-11-9-10-19(3)14-21)28-27(30(39)41-6-2)20(4)35-31-36-32(37-38(28)31)43-18-22-12-7-8-13-25(22)34/h7-16,28H,5-6,17-18H2,1-4H3,(H,35,36,37). The minimum Gasteiger partial charge on any atom is -0.490 e. The largest absolute Gasteiger partial charge is 0.490 e. The van der Waals surface area contributed by atoms with Gasteiger partial charge < -0.3 is 19.5 Å². The summed E-state index contributed by atoms with van der Waals surface area (Å²) in [7, 11) is 0. The molecule has 8 nitrogen and oxygen atoms in total. The third-order valence-electron chi connectivity index (χ3n) is 6.76. The number of anilines is 1. The molecule has 4 aromatic rings. The zero-order valence-electron chi connectivity index (χ0n) is 24.3. The molecule has 1 aromatic heterocycles. The SMILES string of the molecule is CCOC(=O)C1=C(C)Nc2nc(SCc3ccccc3Cl)nn2C1c1cc(Br)c(OCc2cccc(C)c2)c(OCC)c1. The fourth-order valence-corrected chi connectivity index (χ4v) is 6.53. The van der Waals surface area contributed by atoms with E-state index >= 15 is 0 Å². The number of rotatable bonds is 11. The van der Waals surface area contributed by atoms with Crippen molar-refractivity contribution < 1.29 is 19.0 Å². The number of carbonyl (C=O) groups is 1. The summed E-state index contributed by atoms with van der Waals surface area (Å²) >= 11 is 11.6. The molecule has 1 unspecified atom stereocenters. The molecule has 1 N–H and O–H groups in total. The number of allylic oxidation sites excluding steroid dienone is 1. The number of carbonyl (C=O) groups excluding carboxylic acids is 1. The lowest BCUT2D eigenvalue weighted by Crippen LogP contribution is -2.29. The van der Waals surface area contributed by atoms with E-state index < -0.39 is 12.0 Å². The van der Waals surface area contributed by atoms with Crippen molar-refractivity contribution in [2.75, 3.05) is 18.5 Å². The van der Waals surface area contributed by atoms with E-state index in [9.17, 15) is 4.79 Å². The highest BCUT2D eigenvalue weighted by Crippen LogP contribution is 2.44. The molecule has 1 aliphatic rings. The van der Waals surface area contributed by atoms with E-state index in [1.54, 1.807) is 11.6 Å². The van der Waals surface area contributed by atoms with Crippen LogP contribution in [0.4, 0.5) is 5.95 Å². The summed E-state index contributed by atoms with van der Waals surface area (Å²) in [6.07, 6.45) is 0. The second-order valence-corrected chi connectivity index (χ2v) is 12.1. The van der Waals surface area contributed by atoms with Crippen LogP contribution in [0.1, 0.15) is 49.1 Å². The van der Waals surface area contributed by atoms with Crippen LogP contribution < -0.4 is 14.8 Å². The molecule has 2 heterocycles. The molecule has 0 fully saturated rings. The molecule has 3 aromatic carbocycles. The summed E-state index contributed by atoms with van der Waals surface area (Å²) in [5, 5.41) is 9.31. The van der Waals surface area contributed by atoms with Gasteiger partial charge >= 0.3 is 5.97 Å². The van der Waals surface area contributed by atoms with E-state index in [0.717, 1.165) is 22.3 Å². The Morgan fingerprint density at radius 3 is 2.63 bits per heavy atom. The maximum atomic E-state index is 13.3. The number of aromatic nitrogens is 3. The first-order valence-electron chi connectivity index (χ1n) is 13.9.